The normalized spacial score (nSPS) is 10.2. The molecule has 2 aromatic carbocycles. The Labute approximate surface area is 132 Å². The summed E-state index contributed by atoms with van der Waals surface area (Å²) in [5.41, 5.74) is 2.36. The van der Waals surface area contributed by atoms with Crippen molar-refractivity contribution in [2.75, 3.05) is 13.2 Å². The van der Waals surface area contributed by atoms with Crippen LogP contribution in [0.3, 0.4) is 0 Å². The van der Waals surface area contributed by atoms with Crippen molar-refractivity contribution in [3.63, 3.8) is 0 Å². The summed E-state index contributed by atoms with van der Waals surface area (Å²) in [5, 5.41) is 2.95. The second kappa shape index (κ2) is 8.88. The number of aryl methyl sites for hydroxylation is 1. The maximum Gasteiger partial charge on any atom is 0.220 e. The van der Waals surface area contributed by atoms with E-state index >= 15 is 0 Å². The summed E-state index contributed by atoms with van der Waals surface area (Å²) in [6.45, 7) is 3.27. The fraction of sp³-hybridized carbons (Fsp3) is 0.316. The Bertz CT molecular complexity index is 581. The molecule has 0 aromatic heterocycles. The topological polar surface area (TPSA) is 38.3 Å². The molecule has 0 aliphatic carbocycles. The van der Waals surface area contributed by atoms with Gasteiger partial charge < -0.3 is 10.1 Å². The van der Waals surface area contributed by atoms with E-state index in [4.69, 9.17) is 4.74 Å². The van der Waals surface area contributed by atoms with Crippen molar-refractivity contribution >= 4 is 5.91 Å². The van der Waals surface area contributed by atoms with Crippen LogP contribution in [0.1, 0.15) is 24.0 Å². The van der Waals surface area contributed by atoms with Gasteiger partial charge in [-0.05, 0) is 37.0 Å². The van der Waals surface area contributed by atoms with Gasteiger partial charge in [0.15, 0.2) is 0 Å². The Morgan fingerprint density at radius 3 is 2.55 bits per heavy atom. The molecule has 2 rings (SSSR count). The summed E-state index contributed by atoms with van der Waals surface area (Å²) in [5.74, 6) is 0.983. The monoisotopic (exact) mass is 297 g/mol. The zero-order chi connectivity index (χ0) is 15.6. The van der Waals surface area contributed by atoms with Gasteiger partial charge in [0.25, 0.3) is 0 Å². The average molecular weight is 297 g/mol. The van der Waals surface area contributed by atoms with E-state index in [1.807, 2.05) is 49.4 Å². The van der Waals surface area contributed by atoms with Gasteiger partial charge in [-0.1, -0.05) is 48.5 Å². The summed E-state index contributed by atoms with van der Waals surface area (Å²) in [6, 6.07) is 18.1. The fourth-order valence-corrected chi connectivity index (χ4v) is 2.21. The van der Waals surface area contributed by atoms with Gasteiger partial charge in [0.2, 0.25) is 5.91 Å². The highest BCUT2D eigenvalue weighted by atomic mass is 16.5. The minimum absolute atomic E-state index is 0.0873. The van der Waals surface area contributed by atoms with Crippen LogP contribution in [0.25, 0.3) is 0 Å². The Morgan fingerprint density at radius 1 is 1.05 bits per heavy atom. The smallest absolute Gasteiger partial charge is 0.220 e. The third-order valence-corrected chi connectivity index (χ3v) is 3.48. The maximum atomic E-state index is 11.7. The van der Waals surface area contributed by atoms with E-state index in [1.54, 1.807) is 0 Å². The molecule has 0 atom stereocenters. The standard InChI is InChI=1S/C19H23NO2/c1-16-8-5-6-11-18(16)22-15-7-12-19(21)20-14-13-17-9-3-2-4-10-17/h2-6,8-11H,7,12-15H2,1H3,(H,20,21). The Hall–Kier alpha value is -2.29. The van der Waals surface area contributed by atoms with Crippen LogP contribution in [0.5, 0.6) is 5.75 Å². The summed E-state index contributed by atoms with van der Waals surface area (Å²) in [6.07, 6.45) is 2.10. The van der Waals surface area contributed by atoms with Gasteiger partial charge in [0.1, 0.15) is 5.75 Å². The average Bonchev–Trinajstić information content (AvgIpc) is 2.54. The molecule has 0 aliphatic rings. The molecule has 0 bridgehead atoms. The molecule has 0 aliphatic heterocycles. The van der Waals surface area contributed by atoms with Crippen LogP contribution in [0.4, 0.5) is 0 Å². The molecule has 0 unspecified atom stereocenters. The first-order valence-corrected chi connectivity index (χ1v) is 7.75. The van der Waals surface area contributed by atoms with Gasteiger partial charge in [0.05, 0.1) is 6.61 Å². The third kappa shape index (κ3) is 5.60. The van der Waals surface area contributed by atoms with Gasteiger partial charge in [-0.15, -0.1) is 0 Å². The minimum atomic E-state index is 0.0873. The molecule has 22 heavy (non-hydrogen) atoms. The second-order valence-corrected chi connectivity index (χ2v) is 5.30. The lowest BCUT2D eigenvalue weighted by Crippen LogP contribution is -2.25. The van der Waals surface area contributed by atoms with Crippen LogP contribution in [0, 0.1) is 6.92 Å². The molecular weight excluding hydrogens is 274 g/mol. The number of benzene rings is 2. The number of carbonyl (C=O) groups excluding carboxylic acids is 1. The van der Waals surface area contributed by atoms with E-state index in [2.05, 4.69) is 17.4 Å². The van der Waals surface area contributed by atoms with Crippen molar-refractivity contribution in [1.82, 2.24) is 5.32 Å². The molecule has 0 spiro atoms. The first kappa shape index (κ1) is 16.1. The first-order valence-electron chi connectivity index (χ1n) is 7.75. The Kier molecular flexibility index (Phi) is 6.49. The molecule has 0 fully saturated rings. The molecule has 1 N–H and O–H groups in total. The fourth-order valence-electron chi connectivity index (χ4n) is 2.21. The number of para-hydroxylation sites is 1. The molecule has 1 amide bonds. The zero-order valence-electron chi connectivity index (χ0n) is 13.0. The predicted octanol–water partition coefficient (Wildman–Crippen LogP) is 3.51. The second-order valence-electron chi connectivity index (χ2n) is 5.30. The number of nitrogens with one attached hydrogen (secondary N) is 1. The largest absolute Gasteiger partial charge is 0.493 e. The van der Waals surface area contributed by atoms with Crippen molar-refractivity contribution in [1.29, 1.82) is 0 Å². The van der Waals surface area contributed by atoms with Gasteiger partial charge in [-0.3, -0.25) is 4.79 Å². The molecule has 2 aromatic rings. The lowest BCUT2D eigenvalue weighted by molar-refractivity contribution is -0.121. The zero-order valence-corrected chi connectivity index (χ0v) is 13.0. The summed E-state index contributed by atoms with van der Waals surface area (Å²) in [4.78, 5) is 11.7. The Morgan fingerprint density at radius 2 is 1.77 bits per heavy atom. The van der Waals surface area contributed by atoms with Crippen molar-refractivity contribution in [2.24, 2.45) is 0 Å². The van der Waals surface area contributed by atoms with E-state index in [1.165, 1.54) is 5.56 Å². The molecule has 0 heterocycles. The van der Waals surface area contributed by atoms with Gasteiger partial charge in [-0.2, -0.15) is 0 Å². The van der Waals surface area contributed by atoms with E-state index in [9.17, 15) is 4.79 Å². The van der Waals surface area contributed by atoms with Crippen LogP contribution in [0.2, 0.25) is 0 Å². The minimum Gasteiger partial charge on any atom is -0.493 e. The number of hydrogen-bond donors (Lipinski definition) is 1. The van der Waals surface area contributed by atoms with Crippen LogP contribution < -0.4 is 10.1 Å². The van der Waals surface area contributed by atoms with E-state index in [0.717, 1.165) is 24.2 Å². The SMILES string of the molecule is Cc1ccccc1OCCCC(=O)NCCc1ccccc1. The lowest BCUT2D eigenvalue weighted by Gasteiger charge is -2.09. The van der Waals surface area contributed by atoms with E-state index in [0.29, 0.717) is 19.6 Å². The van der Waals surface area contributed by atoms with Crippen molar-refractivity contribution in [2.45, 2.75) is 26.2 Å². The number of amides is 1. The quantitative estimate of drug-likeness (QED) is 0.757. The highest BCUT2D eigenvalue weighted by molar-refractivity contribution is 5.75. The predicted molar refractivity (Wildman–Crippen MR) is 89.1 cm³/mol. The number of ether oxygens (including phenoxy) is 1. The molecule has 3 nitrogen and oxygen atoms in total. The van der Waals surface area contributed by atoms with Crippen LogP contribution in [-0.2, 0) is 11.2 Å². The molecule has 0 saturated heterocycles. The number of hydrogen-bond acceptors (Lipinski definition) is 2. The van der Waals surface area contributed by atoms with E-state index in [-0.39, 0.29) is 5.91 Å². The molecule has 0 radical (unpaired) electrons. The molecule has 116 valence electrons. The van der Waals surface area contributed by atoms with Crippen LogP contribution in [-0.4, -0.2) is 19.1 Å². The van der Waals surface area contributed by atoms with Crippen molar-refractivity contribution in [3.8, 4) is 5.75 Å². The van der Waals surface area contributed by atoms with Gasteiger partial charge in [-0.25, -0.2) is 0 Å². The Balaban J connectivity index is 1.57. The molecular formula is C19H23NO2. The van der Waals surface area contributed by atoms with Crippen LogP contribution in [0.15, 0.2) is 54.6 Å². The first-order chi connectivity index (χ1) is 10.8. The summed E-state index contributed by atoms with van der Waals surface area (Å²) < 4.78 is 5.68. The van der Waals surface area contributed by atoms with Crippen molar-refractivity contribution in [3.05, 3.63) is 65.7 Å². The molecule has 3 heteroatoms. The lowest BCUT2D eigenvalue weighted by atomic mass is 10.1. The van der Waals surface area contributed by atoms with Crippen LogP contribution >= 0.6 is 0 Å². The van der Waals surface area contributed by atoms with E-state index < -0.39 is 0 Å². The summed E-state index contributed by atoms with van der Waals surface area (Å²) >= 11 is 0. The maximum absolute atomic E-state index is 11.7. The number of carbonyl (C=O) groups is 1. The molecule has 0 saturated carbocycles. The van der Waals surface area contributed by atoms with Gasteiger partial charge in [0, 0.05) is 13.0 Å². The highest BCUT2D eigenvalue weighted by Gasteiger charge is 2.02. The number of rotatable bonds is 8. The summed E-state index contributed by atoms with van der Waals surface area (Å²) in [7, 11) is 0. The third-order valence-electron chi connectivity index (χ3n) is 3.48. The van der Waals surface area contributed by atoms with Gasteiger partial charge >= 0.3 is 0 Å². The van der Waals surface area contributed by atoms with Crippen molar-refractivity contribution < 1.29 is 9.53 Å². The highest BCUT2D eigenvalue weighted by Crippen LogP contribution is 2.16.